The van der Waals surface area contributed by atoms with Gasteiger partial charge < -0.3 is 50.0 Å². The van der Waals surface area contributed by atoms with Crippen LogP contribution in [-0.2, 0) is 33.4 Å². The summed E-state index contributed by atoms with van der Waals surface area (Å²) in [6, 6.07) is 0. The highest BCUT2D eigenvalue weighted by Crippen LogP contribution is 2.18. The number of aliphatic hydroxyl groups is 5. The molecule has 7 N–H and O–H groups in total. The second-order valence-electron chi connectivity index (χ2n) is 25.6. The first-order chi connectivity index (χ1) is 43.8. The number of carbonyl (C=O) groups is 4. The zero-order valence-corrected chi connectivity index (χ0v) is 60.1. The fourth-order valence-electron chi connectivity index (χ4n) is 10.3. The molecule has 0 saturated carbocycles. The van der Waals surface area contributed by atoms with Crippen LogP contribution in [0, 0.1) is 0 Å². The van der Waals surface area contributed by atoms with E-state index in [2.05, 4.69) is 27.7 Å². The van der Waals surface area contributed by atoms with Gasteiger partial charge in [0.2, 0.25) is 0 Å². The van der Waals surface area contributed by atoms with Gasteiger partial charge in [-0.1, -0.05) is 349 Å². The monoisotopic (exact) mass is 1290 g/mol. The molecule has 0 fully saturated rings. The van der Waals surface area contributed by atoms with Crippen molar-refractivity contribution < 1.29 is 69.1 Å². The van der Waals surface area contributed by atoms with E-state index in [0.29, 0.717) is 38.9 Å². The third kappa shape index (κ3) is 107. The van der Waals surface area contributed by atoms with E-state index in [-0.39, 0.29) is 45.0 Å². The van der Waals surface area contributed by atoms with E-state index < -0.39 is 24.1 Å². The molecule has 2 atom stereocenters. The maximum atomic E-state index is 11.4. The minimum atomic E-state index is -0.954. The van der Waals surface area contributed by atoms with Crippen molar-refractivity contribution in [1.29, 1.82) is 0 Å². The molecule has 90 heavy (non-hydrogen) atoms. The maximum Gasteiger partial charge on any atom is 0.305 e. The number of hydrogen-bond acceptors (Lipinski definition) is 12. The fourth-order valence-corrected chi connectivity index (χ4v) is 10.3. The molecular formula is C76H154O14. The van der Waals surface area contributed by atoms with Crippen molar-refractivity contribution in [2.45, 2.75) is 419 Å². The summed E-state index contributed by atoms with van der Waals surface area (Å²) in [6.07, 6.45) is 70.6. The molecule has 14 nitrogen and oxygen atoms in total. The predicted molar refractivity (Wildman–Crippen MR) is 377 cm³/mol. The number of unbranched alkanes of at least 4 members (excludes halogenated alkanes) is 50. The molecule has 14 heteroatoms. The van der Waals surface area contributed by atoms with E-state index in [9.17, 15) is 19.2 Å². The molecule has 0 aliphatic rings. The molecule has 0 saturated heterocycles. The second kappa shape index (κ2) is 90.8. The van der Waals surface area contributed by atoms with Crippen molar-refractivity contribution in [2.75, 3.05) is 46.2 Å². The Morgan fingerprint density at radius 1 is 0.289 bits per heavy atom. The highest BCUT2D eigenvalue weighted by molar-refractivity contribution is 5.69. The van der Waals surface area contributed by atoms with Gasteiger partial charge in [0.05, 0.1) is 39.1 Å². The summed E-state index contributed by atoms with van der Waals surface area (Å²) in [5.74, 6) is -1.72. The highest BCUT2D eigenvalue weighted by atomic mass is 16.6. The second-order valence-corrected chi connectivity index (χ2v) is 25.6. The third-order valence-corrected chi connectivity index (χ3v) is 16.1. The van der Waals surface area contributed by atoms with Crippen molar-refractivity contribution in [1.82, 2.24) is 0 Å². The number of carbonyl (C=O) groups excluding carboxylic acids is 2. The van der Waals surface area contributed by atoms with Gasteiger partial charge in [0, 0.05) is 25.7 Å². The van der Waals surface area contributed by atoms with E-state index in [4.69, 9.17) is 50.0 Å². The number of esters is 2. The predicted octanol–water partition coefficient (Wildman–Crippen LogP) is 20.6. The number of carboxylic acid groups (broad SMARTS) is 2. The van der Waals surface area contributed by atoms with Crippen LogP contribution < -0.4 is 0 Å². The molecule has 0 amide bonds. The smallest absolute Gasteiger partial charge is 0.305 e. The van der Waals surface area contributed by atoms with Crippen molar-refractivity contribution in [3.63, 3.8) is 0 Å². The van der Waals surface area contributed by atoms with E-state index in [1.54, 1.807) is 0 Å². The van der Waals surface area contributed by atoms with Crippen molar-refractivity contribution in [3.8, 4) is 0 Å². The molecule has 2 unspecified atom stereocenters. The Morgan fingerprint density at radius 2 is 0.500 bits per heavy atom. The third-order valence-electron chi connectivity index (χ3n) is 16.1. The Hall–Kier alpha value is -2.36. The van der Waals surface area contributed by atoms with Gasteiger partial charge in [-0.05, 0) is 32.6 Å². The van der Waals surface area contributed by atoms with E-state index >= 15 is 0 Å². The summed E-state index contributed by atoms with van der Waals surface area (Å²) in [4.78, 5) is 43.4. The highest BCUT2D eigenvalue weighted by Gasteiger charge is 2.08. The number of hydrogen-bond donors (Lipinski definition) is 7. The number of aliphatic carboxylic acids is 2. The van der Waals surface area contributed by atoms with Crippen LogP contribution in [0.3, 0.4) is 0 Å². The summed E-state index contributed by atoms with van der Waals surface area (Å²) in [5, 5.41) is 59.2. The van der Waals surface area contributed by atoms with Gasteiger partial charge in [0.15, 0.2) is 0 Å². The molecule has 0 bridgehead atoms. The van der Waals surface area contributed by atoms with Crippen LogP contribution in [-0.4, -0.2) is 118 Å². The molecule has 0 aromatic rings. The molecule has 542 valence electrons. The summed E-state index contributed by atoms with van der Waals surface area (Å²) >= 11 is 0. The van der Waals surface area contributed by atoms with Crippen molar-refractivity contribution >= 4 is 23.9 Å². The topological polar surface area (TPSA) is 238 Å². The molecule has 0 rings (SSSR count). The molecule has 0 aliphatic carbocycles. The maximum absolute atomic E-state index is 11.4. The van der Waals surface area contributed by atoms with Gasteiger partial charge in [-0.3, -0.25) is 19.2 Å². The Balaban J connectivity index is -0.000000349. The lowest BCUT2D eigenvalue weighted by atomic mass is 10.0. The van der Waals surface area contributed by atoms with Crippen LogP contribution in [0.5, 0.6) is 0 Å². The number of ether oxygens (including phenoxy) is 3. The molecule has 0 heterocycles. The van der Waals surface area contributed by atoms with Crippen LogP contribution in [0.4, 0.5) is 0 Å². The minimum absolute atomic E-state index is 0.00634. The van der Waals surface area contributed by atoms with Gasteiger partial charge in [-0.15, -0.1) is 0 Å². The molecule has 0 aliphatic heterocycles. The Labute approximate surface area is 556 Å². The molecular weight excluding hydrogens is 1140 g/mol. The van der Waals surface area contributed by atoms with Gasteiger partial charge >= 0.3 is 23.9 Å². The first-order valence-electron chi connectivity index (χ1n) is 38.3. The van der Waals surface area contributed by atoms with Crippen LogP contribution in [0.2, 0.25) is 0 Å². The lowest BCUT2D eigenvalue weighted by Gasteiger charge is -2.08. The average molecular weight is 1290 g/mol. The van der Waals surface area contributed by atoms with Crippen LogP contribution in [0.15, 0.2) is 0 Å². The summed E-state index contributed by atoms with van der Waals surface area (Å²) in [7, 11) is 0. The summed E-state index contributed by atoms with van der Waals surface area (Å²) in [5.41, 5.74) is 0. The number of rotatable bonds is 67. The van der Waals surface area contributed by atoms with Crippen LogP contribution in [0.25, 0.3) is 0 Å². The van der Waals surface area contributed by atoms with Crippen LogP contribution in [0.1, 0.15) is 407 Å². The van der Waals surface area contributed by atoms with Crippen LogP contribution >= 0.6 is 0 Å². The lowest BCUT2D eigenvalue weighted by Crippen LogP contribution is -2.21. The van der Waals surface area contributed by atoms with Gasteiger partial charge in [-0.25, -0.2) is 0 Å². The largest absolute Gasteiger partial charge is 0.481 e. The Kier molecular flexibility index (Phi) is 97.2. The SMILES string of the molecule is CC(O)CO.CCCCCCCCCCCC(=O)OCCOCCO.CCCCCCCCCCCCCCCCCC(=O)O.CCCCCCCCCCCCCCCCCC(=O)O.CCCCCCCCCCCCCCCCCC(=O)OCC(O)CO. The van der Waals surface area contributed by atoms with E-state index in [1.807, 2.05) is 0 Å². The Bertz CT molecular complexity index is 1290. The first-order valence-corrected chi connectivity index (χ1v) is 38.3. The number of carboxylic acids is 2. The summed E-state index contributed by atoms with van der Waals surface area (Å²) in [6.45, 7) is 10.9. The van der Waals surface area contributed by atoms with Gasteiger partial charge in [0.25, 0.3) is 0 Å². The van der Waals surface area contributed by atoms with E-state index in [0.717, 1.165) is 51.4 Å². The van der Waals surface area contributed by atoms with Gasteiger partial charge in [-0.2, -0.15) is 0 Å². The number of aliphatic hydroxyl groups excluding tert-OH is 5. The van der Waals surface area contributed by atoms with Crippen molar-refractivity contribution in [2.24, 2.45) is 0 Å². The fraction of sp³-hybridized carbons (Fsp3) is 0.947. The van der Waals surface area contributed by atoms with Crippen molar-refractivity contribution in [3.05, 3.63) is 0 Å². The molecule has 0 spiro atoms. The first kappa shape index (κ1) is 96.3. The zero-order valence-electron chi connectivity index (χ0n) is 60.1. The Morgan fingerprint density at radius 3 is 0.700 bits per heavy atom. The molecule has 0 aromatic heterocycles. The summed E-state index contributed by atoms with van der Waals surface area (Å²) < 4.78 is 14.9. The van der Waals surface area contributed by atoms with Gasteiger partial charge in [0.1, 0.15) is 19.3 Å². The minimum Gasteiger partial charge on any atom is -0.481 e. The quantitative estimate of drug-likeness (QED) is 0.0222. The molecule has 0 radical (unpaired) electrons. The lowest BCUT2D eigenvalue weighted by molar-refractivity contribution is -0.147. The molecule has 0 aromatic carbocycles. The normalized spacial score (nSPS) is 11.4. The average Bonchev–Trinajstić information content (AvgIpc) is 3.56. The zero-order chi connectivity index (χ0) is 67.5. The standard InChI is InChI=1S/C21H42O4.2C18H36O2.C16H32O4.C3H8O2/c1-2-3-4-5-6-7-8-9-10-11-12-13-14-15-16-17-21(24)25-19-20(23)18-22;2*1-2-3-4-5-6-7-8-9-10-11-12-13-14-15-16-17-18(19)20;1-2-3-4-5-6-7-8-9-10-11-16(18)20-15-14-19-13-12-17;1-3(5)2-4/h20,22-23H,2-19H2,1H3;2*2-17H2,1H3,(H,19,20);17H,2-15H2,1H3;3-5H,2H2,1H3. The van der Waals surface area contributed by atoms with E-state index in [1.165, 1.54) is 302 Å².